The summed E-state index contributed by atoms with van der Waals surface area (Å²) in [6, 6.07) is 0.842. The molecule has 2 fully saturated rings. The highest BCUT2D eigenvalue weighted by Gasteiger charge is 2.31. The maximum atomic E-state index is 11.8. The number of amides is 1. The van der Waals surface area contributed by atoms with Gasteiger partial charge in [0.1, 0.15) is 0 Å². The predicted octanol–water partition coefficient (Wildman–Crippen LogP) is 0.422. The molecule has 0 aromatic rings. The average Bonchev–Trinajstić information content (AvgIpc) is 3.13. The smallest absolute Gasteiger partial charge is 0.222 e. The van der Waals surface area contributed by atoms with Crippen LogP contribution < -0.4 is 5.73 Å². The van der Waals surface area contributed by atoms with E-state index >= 15 is 0 Å². The van der Waals surface area contributed by atoms with Gasteiger partial charge in [-0.3, -0.25) is 9.69 Å². The van der Waals surface area contributed by atoms with Gasteiger partial charge in [-0.15, -0.1) is 0 Å². The lowest BCUT2D eigenvalue weighted by Crippen LogP contribution is -2.49. The van der Waals surface area contributed by atoms with Crippen molar-refractivity contribution >= 4 is 5.91 Å². The molecule has 4 heteroatoms. The van der Waals surface area contributed by atoms with Crippen LogP contribution in [0.15, 0.2) is 0 Å². The number of hydrogen-bond acceptors (Lipinski definition) is 3. The molecule has 1 saturated carbocycles. The molecule has 92 valence electrons. The molecule has 0 unspecified atom stereocenters. The van der Waals surface area contributed by atoms with E-state index in [-0.39, 0.29) is 0 Å². The number of carbonyl (C=O) groups excluding carboxylic acids is 1. The van der Waals surface area contributed by atoms with Gasteiger partial charge >= 0.3 is 0 Å². The molecule has 1 saturated heterocycles. The zero-order valence-corrected chi connectivity index (χ0v) is 10.0. The fourth-order valence-electron chi connectivity index (χ4n) is 2.35. The highest BCUT2D eigenvalue weighted by atomic mass is 16.2. The monoisotopic (exact) mass is 225 g/mol. The van der Waals surface area contributed by atoms with Gasteiger partial charge in [0, 0.05) is 38.6 Å². The van der Waals surface area contributed by atoms with E-state index in [0.717, 1.165) is 45.1 Å². The summed E-state index contributed by atoms with van der Waals surface area (Å²) < 4.78 is 0. The van der Waals surface area contributed by atoms with Crippen LogP contribution in [0.1, 0.15) is 32.1 Å². The third-order valence-electron chi connectivity index (χ3n) is 3.58. The quantitative estimate of drug-likeness (QED) is 0.690. The molecule has 0 radical (unpaired) electrons. The molecule has 4 nitrogen and oxygen atoms in total. The minimum absolute atomic E-state index is 0.323. The summed E-state index contributed by atoms with van der Waals surface area (Å²) in [5, 5.41) is 0. The van der Waals surface area contributed by atoms with Crippen LogP contribution in [0, 0.1) is 0 Å². The number of piperazine rings is 1. The first kappa shape index (κ1) is 11.9. The second-order valence-electron chi connectivity index (χ2n) is 4.89. The Morgan fingerprint density at radius 2 is 1.81 bits per heavy atom. The van der Waals surface area contributed by atoms with E-state index in [1.54, 1.807) is 0 Å². The molecule has 1 heterocycles. The van der Waals surface area contributed by atoms with E-state index in [4.69, 9.17) is 5.73 Å². The molecule has 0 spiro atoms. The number of rotatable bonds is 5. The summed E-state index contributed by atoms with van der Waals surface area (Å²) in [6.07, 6.45) is 5.32. The molecule has 2 N–H and O–H groups in total. The molecule has 2 aliphatic rings. The first-order valence-electron chi connectivity index (χ1n) is 6.53. The SMILES string of the molecule is NCCCCC(=O)N1CCN(C2CC2)CC1. The van der Waals surface area contributed by atoms with Gasteiger partial charge in [-0.1, -0.05) is 0 Å². The van der Waals surface area contributed by atoms with Gasteiger partial charge in [-0.2, -0.15) is 0 Å². The van der Waals surface area contributed by atoms with E-state index in [1.807, 2.05) is 4.90 Å². The standard InChI is InChI=1S/C12H23N3O/c13-6-2-1-3-12(16)15-9-7-14(8-10-15)11-4-5-11/h11H,1-10,13H2. The summed E-state index contributed by atoms with van der Waals surface area (Å²) in [5.74, 6) is 0.323. The van der Waals surface area contributed by atoms with Crippen LogP contribution in [0.5, 0.6) is 0 Å². The van der Waals surface area contributed by atoms with Crippen LogP contribution in [0.3, 0.4) is 0 Å². The lowest BCUT2D eigenvalue weighted by molar-refractivity contribution is -0.133. The normalized spacial score (nSPS) is 22.4. The van der Waals surface area contributed by atoms with Crippen LogP contribution in [0.4, 0.5) is 0 Å². The van der Waals surface area contributed by atoms with Crippen molar-refractivity contribution in [3.63, 3.8) is 0 Å². The van der Waals surface area contributed by atoms with Crippen LogP contribution in [0.2, 0.25) is 0 Å². The molecule has 1 aliphatic heterocycles. The second kappa shape index (κ2) is 5.64. The van der Waals surface area contributed by atoms with Gasteiger partial charge in [0.25, 0.3) is 0 Å². The average molecular weight is 225 g/mol. The molecular formula is C12H23N3O. The first-order chi connectivity index (χ1) is 7.81. The molecule has 0 aromatic carbocycles. The van der Waals surface area contributed by atoms with Crippen LogP contribution in [-0.2, 0) is 4.79 Å². The van der Waals surface area contributed by atoms with Gasteiger partial charge in [-0.05, 0) is 32.2 Å². The van der Waals surface area contributed by atoms with Gasteiger partial charge in [-0.25, -0.2) is 0 Å². The lowest BCUT2D eigenvalue weighted by atomic mass is 10.2. The van der Waals surface area contributed by atoms with E-state index in [1.165, 1.54) is 12.8 Å². The Morgan fingerprint density at radius 1 is 1.12 bits per heavy atom. The Balaban J connectivity index is 1.64. The van der Waals surface area contributed by atoms with Crippen molar-refractivity contribution in [2.75, 3.05) is 32.7 Å². The molecule has 0 aromatic heterocycles. The zero-order chi connectivity index (χ0) is 11.4. The number of carbonyl (C=O) groups is 1. The highest BCUT2D eigenvalue weighted by Crippen LogP contribution is 2.27. The predicted molar refractivity (Wildman–Crippen MR) is 64.1 cm³/mol. The van der Waals surface area contributed by atoms with Crippen molar-refractivity contribution in [1.82, 2.24) is 9.80 Å². The van der Waals surface area contributed by atoms with E-state index in [9.17, 15) is 4.79 Å². The van der Waals surface area contributed by atoms with E-state index < -0.39 is 0 Å². The number of nitrogens with zero attached hydrogens (tertiary/aromatic N) is 2. The van der Waals surface area contributed by atoms with Crippen molar-refractivity contribution in [3.8, 4) is 0 Å². The third-order valence-corrected chi connectivity index (χ3v) is 3.58. The summed E-state index contributed by atoms with van der Waals surface area (Å²) in [6.45, 7) is 4.71. The molecule has 2 rings (SSSR count). The van der Waals surface area contributed by atoms with Crippen molar-refractivity contribution in [3.05, 3.63) is 0 Å². The van der Waals surface area contributed by atoms with Gasteiger partial charge in [0.05, 0.1) is 0 Å². The minimum Gasteiger partial charge on any atom is -0.340 e. The molecule has 0 atom stereocenters. The summed E-state index contributed by atoms with van der Waals surface area (Å²) in [4.78, 5) is 16.4. The molecule has 16 heavy (non-hydrogen) atoms. The van der Waals surface area contributed by atoms with Crippen LogP contribution in [0.25, 0.3) is 0 Å². The third kappa shape index (κ3) is 3.19. The van der Waals surface area contributed by atoms with Gasteiger partial charge < -0.3 is 10.6 Å². The van der Waals surface area contributed by atoms with Crippen molar-refractivity contribution in [1.29, 1.82) is 0 Å². The van der Waals surface area contributed by atoms with Crippen molar-refractivity contribution in [2.24, 2.45) is 5.73 Å². The fourth-order valence-corrected chi connectivity index (χ4v) is 2.35. The molecule has 1 aliphatic carbocycles. The van der Waals surface area contributed by atoms with Crippen LogP contribution >= 0.6 is 0 Å². The number of nitrogens with two attached hydrogens (primary N) is 1. The Hall–Kier alpha value is -0.610. The topological polar surface area (TPSA) is 49.6 Å². The summed E-state index contributed by atoms with van der Waals surface area (Å²) in [7, 11) is 0. The van der Waals surface area contributed by atoms with Crippen molar-refractivity contribution < 1.29 is 4.79 Å². The highest BCUT2D eigenvalue weighted by molar-refractivity contribution is 5.76. The second-order valence-corrected chi connectivity index (χ2v) is 4.89. The fraction of sp³-hybridized carbons (Fsp3) is 0.917. The Morgan fingerprint density at radius 3 is 2.38 bits per heavy atom. The van der Waals surface area contributed by atoms with Crippen LogP contribution in [-0.4, -0.2) is 54.5 Å². The maximum absolute atomic E-state index is 11.8. The Labute approximate surface area is 97.8 Å². The molecule has 0 bridgehead atoms. The molecular weight excluding hydrogens is 202 g/mol. The number of unbranched alkanes of at least 4 members (excludes halogenated alkanes) is 1. The maximum Gasteiger partial charge on any atom is 0.222 e. The van der Waals surface area contributed by atoms with Gasteiger partial charge in [0.15, 0.2) is 0 Å². The first-order valence-corrected chi connectivity index (χ1v) is 6.53. The molecule has 1 amide bonds. The van der Waals surface area contributed by atoms with Crippen molar-refractivity contribution in [2.45, 2.75) is 38.1 Å². The zero-order valence-electron chi connectivity index (χ0n) is 10.0. The van der Waals surface area contributed by atoms with Gasteiger partial charge in [0.2, 0.25) is 5.91 Å². The summed E-state index contributed by atoms with van der Waals surface area (Å²) >= 11 is 0. The summed E-state index contributed by atoms with van der Waals surface area (Å²) in [5.41, 5.74) is 5.42. The minimum atomic E-state index is 0.323. The lowest BCUT2D eigenvalue weighted by Gasteiger charge is -2.34. The Kier molecular flexibility index (Phi) is 4.18. The largest absolute Gasteiger partial charge is 0.340 e. The Bertz CT molecular complexity index is 232. The van der Waals surface area contributed by atoms with E-state index in [0.29, 0.717) is 18.9 Å². The van der Waals surface area contributed by atoms with E-state index in [2.05, 4.69) is 4.90 Å². The number of hydrogen-bond donors (Lipinski definition) is 1.